The minimum Gasteiger partial charge on any atom is -0.507 e. The molecular formula is C21H20Br2N2O2. The number of hydrogen-bond donors (Lipinski definition) is 1. The molecule has 1 saturated heterocycles. The Kier molecular flexibility index (Phi) is 5.12. The van der Waals surface area contributed by atoms with Crippen LogP contribution in [0.2, 0.25) is 0 Å². The molecule has 4 rings (SSSR count). The van der Waals surface area contributed by atoms with Crippen molar-refractivity contribution in [1.29, 1.82) is 0 Å². The number of nitrogens with zero attached hydrogens (tertiary/aromatic N) is 2. The first kappa shape index (κ1) is 18.7. The summed E-state index contributed by atoms with van der Waals surface area (Å²) in [6.07, 6.45) is 5.26. The summed E-state index contributed by atoms with van der Waals surface area (Å²) in [6.45, 7) is 3.12. The van der Waals surface area contributed by atoms with Gasteiger partial charge in [0.25, 0.3) is 0 Å². The molecule has 2 aliphatic rings. The number of aryl methyl sites for hydroxylation is 1. The number of pyridine rings is 1. The molecule has 140 valence electrons. The topological polar surface area (TPSA) is 53.4 Å². The SMILES string of the molecule is CC(=O)N1CCC(=C2c3ccc(O)c(Br)c3CCc3cc(Br)cnc32)CC1. The molecule has 1 aromatic carbocycles. The first-order chi connectivity index (χ1) is 13.0. The normalized spacial score (nSPS) is 16.6. The van der Waals surface area contributed by atoms with Crippen LogP contribution in [0.25, 0.3) is 5.57 Å². The molecule has 0 saturated carbocycles. The van der Waals surface area contributed by atoms with E-state index in [0.717, 1.165) is 64.5 Å². The number of amides is 1. The number of benzene rings is 1. The van der Waals surface area contributed by atoms with Crippen molar-refractivity contribution in [2.75, 3.05) is 13.1 Å². The lowest BCUT2D eigenvalue weighted by Crippen LogP contribution is -2.34. The van der Waals surface area contributed by atoms with Gasteiger partial charge in [-0.2, -0.15) is 0 Å². The number of piperidine rings is 1. The van der Waals surface area contributed by atoms with E-state index in [4.69, 9.17) is 4.98 Å². The second kappa shape index (κ2) is 7.40. The predicted octanol–water partition coefficient (Wildman–Crippen LogP) is 4.86. The molecule has 0 unspecified atom stereocenters. The molecule has 1 N–H and O–H groups in total. The Morgan fingerprint density at radius 2 is 1.89 bits per heavy atom. The number of rotatable bonds is 0. The number of carbonyl (C=O) groups excluding carboxylic acids is 1. The van der Waals surface area contributed by atoms with Gasteiger partial charge >= 0.3 is 0 Å². The Balaban J connectivity index is 1.91. The summed E-state index contributed by atoms with van der Waals surface area (Å²) < 4.78 is 1.75. The summed E-state index contributed by atoms with van der Waals surface area (Å²) in [5, 5.41) is 10.2. The van der Waals surface area contributed by atoms with Gasteiger partial charge in [-0.1, -0.05) is 11.6 Å². The predicted molar refractivity (Wildman–Crippen MR) is 113 cm³/mol. The largest absolute Gasteiger partial charge is 0.507 e. The quantitative estimate of drug-likeness (QED) is 0.572. The summed E-state index contributed by atoms with van der Waals surface area (Å²) in [5.74, 6) is 0.403. The Hall–Kier alpha value is -1.66. The Labute approximate surface area is 175 Å². The Morgan fingerprint density at radius 3 is 2.59 bits per heavy atom. The second-order valence-electron chi connectivity index (χ2n) is 7.07. The van der Waals surface area contributed by atoms with Crippen LogP contribution >= 0.6 is 31.9 Å². The number of fused-ring (bicyclic) bond motifs is 2. The highest BCUT2D eigenvalue weighted by molar-refractivity contribution is 9.10. The monoisotopic (exact) mass is 490 g/mol. The molecule has 0 atom stereocenters. The molecular weight excluding hydrogens is 472 g/mol. The smallest absolute Gasteiger partial charge is 0.219 e. The Bertz CT molecular complexity index is 959. The maximum Gasteiger partial charge on any atom is 0.219 e. The first-order valence-electron chi connectivity index (χ1n) is 9.08. The lowest BCUT2D eigenvalue weighted by Gasteiger charge is -2.29. The fraction of sp³-hybridized carbons (Fsp3) is 0.333. The number of aromatic nitrogens is 1. The zero-order valence-electron chi connectivity index (χ0n) is 15.1. The van der Waals surface area contributed by atoms with Crippen LogP contribution in [0.1, 0.15) is 42.1 Å². The average molecular weight is 492 g/mol. The lowest BCUT2D eigenvalue weighted by atomic mass is 9.88. The summed E-state index contributed by atoms with van der Waals surface area (Å²) in [7, 11) is 0. The first-order valence-corrected chi connectivity index (χ1v) is 10.7. The van der Waals surface area contributed by atoms with Crippen molar-refractivity contribution in [3.63, 3.8) is 0 Å². The third-order valence-electron chi connectivity index (χ3n) is 5.47. The summed E-state index contributed by atoms with van der Waals surface area (Å²) >= 11 is 7.13. The zero-order valence-corrected chi connectivity index (χ0v) is 18.2. The van der Waals surface area contributed by atoms with Gasteiger partial charge in [0, 0.05) is 36.3 Å². The van der Waals surface area contributed by atoms with Crippen molar-refractivity contribution in [2.24, 2.45) is 0 Å². The number of phenolic OH excluding ortho intramolecular Hbond substituents is 1. The highest BCUT2D eigenvalue weighted by Gasteiger charge is 2.27. The van der Waals surface area contributed by atoms with Crippen molar-refractivity contribution < 1.29 is 9.90 Å². The fourth-order valence-electron chi connectivity index (χ4n) is 4.07. The van der Waals surface area contributed by atoms with E-state index in [0.29, 0.717) is 0 Å². The molecule has 1 aliphatic heterocycles. The van der Waals surface area contributed by atoms with E-state index in [9.17, 15) is 9.90 Å². The standard InChI is InChI=1S/C21H20Br2N2O2/c1-12(26)25-8-6-13(7-9-25)19-16-4-5-18(27)20(23)17(16)3-2-14-10-15(22)11-24-21(14)19/h4-5,10-11,27H,2-3,6-9H2,1H3. The van der Waals surface area contributed by atoms with Crippen LogP contribution in [-0.4, -0.2) is 34.0 Å². The molecule has 4 nitrogen and oxygen atoms in total. The summed E-state index contributed by atoms with van der Waals surface area (Å²) in [4.78, 5) is 18.4. The van der Waals surface area contributed by atoms with Gasteiger partial charge in [0.15, 0.2) is 0 Å². The molecule has 1 amide bonds. The van der Waals surface area contributed by atoms with Gasteiger partial charge in [-0.15, -0.1) is 0 Å². The molecule has 1 fully saturated rings. The third kappa shape index (κ3) is 3.45. The number of likely N-dealkylation sites (tertiary alicyclic amines) is 1. The van der Waals surface area contributed by atoms with Crippen LogP contribution in [-0.2, 0) is 17.6 Å². The lowest BCUT2D eigenvalue weighted by molar-refractivity contribution is -0.129. The molecule has 0 radical (unpaired) electrons. The van der Waals surface area contributed by atoms with E-state index in [2.05, 4.69) is 37.9 Å². The van der Waals surface area contributed by atoms with Crippen LogP contribution in [0.3, 0.4) is 0 Å². The zero-order chi connectivity index (χ0) is 19.1. The molecule has 2 heterocycles. The number of phenols is 1. The van der Waals surface area contributed by atoms with Crippen LogP contribution < -0.4 is 0 Å². The molecule has 6 heteroatoms. The van der Waals surface area contributed by atoms with Gasteiger partial charge < -0.3 is 10.0 Å². The minimum absolute atomic E-state index is 0.135. The minimum atomic E-state index is 0.135. The van der Waals surface area contributed by atoms with Crippen molar-refractivity contribution in [3.05, 3.63) is 61.3 Å². The Morgan fingerprint density at radius 1 is 1.15 bits per heavy atom. The fourth-order valence-corrected chi connectivity index (χ4v) is 4.99. The summed E-state index contributed by atoms with van der Waals surface area (Å²) in [6, 6.07) is 5.90. The van der Waals surface area contributed by atoms with Gasteiger partial charge in [0.2, 0.25) is 5.91 Å². The highest BCUT2D eigenvalue weighted by Crippen LogP contribution is 2.42. The van der Waals surface area contributed by atoms with E-state index in [1.54, 1.807) is 13.0 Å². The van der Waals surface area contributed by atoms with Gasteiger partial charge in [-0.25, -0.2) is 0 Å². The third-order valence-corrected chi connectivity index (χ3v) is 6.79. The average Bonchev–Trinajstić information content (AvgIpc) is 2.81. The van der Waals surface area contributed by atoms with Crippen LogP contribution in [0.15, 0.2) is 38.9 Å². The van der Waals surface area contributed by atoms with Gasteiger partial charge in [-0.3, -0.25) is 9.78 Å². The second-order valence-corrected chi connectivity index (χ2v) is 8.78. The van der Waals surface area contributed by atoms with Crippen molar-refractivity contribution >= 4 is 43.3 Å². The van der Waals surface area contributed by atoms with Crippen LogP contribution in [0.5, 0.6) is 5.75 Å². The summed E-state index contributed by atoms with van der Waals surface area (Å²) in [5.41, 5.74) is 7.02. The van der Waals surface area contributed by atoms with Gasteiger partial charge in [0.05, 0.1) is 10.2 Å². The molecule has 1 aliphatic carbocycles. The van der Waals surface area contributed by atoms with Crippen LogP contribution in [0.4, 0.5) is 0 Å². The van der Waals surface area contributed by atoms with Crippen molar-refractivity contribution in [1.82, 2.24) is 9.88 Å². The maximum absolute atomic E-state index is 11.7. The number of hydrogen-bond acceptors (Lipinski definition) is 3. The van der Waals surface area contributed by atoms with E-state index in [1.807, 2.05) is 17.2 Å². The van der Waals surface area contributed by atoms with E-state index < -0.39 is 0 Å². The van der Waals surface area contributed by atoms with Crippen LogP contribution in [0, 0.1) is 0 Å². The van der Waals surface area contributed by atoms with Crippen molar-refractivity contribution in [3.8, 4) is 5.75 Å². The molecule has 0 spiro atoms. The molecule has 27 heavy (non-hydrogen) atoms. The molecule has 2 aromatic rings. The molecule has 0 bridgehead atoms. The van der Waals surface area contributed by atoms with Crippen molar-refractivity contribution in [2.45, 2.75) is 32.6 Å². The number of carbonyl (C=O) groups is 1. The van der Waals surface area contributed by atoms with Gasteiger partial charge in [0.1, 0.15) is 5.75 Å². The molecule has 1 aromatic heterocycles. The van der Waals surface area contributed by atoms with Gasteiger partial charge in [-0.05, 0) is 86.4 Å². The van der Waals surface area contributed by atoms with E-state index in [-0.39, 0.29) is 11.7 Å². The number of halogens is 2. The number of aromatic hydroxyl groups is 1. The maximum atomic E-state index is 11.7. The highest BCUT2D eigenvalue weighted by atomic mass is 79.9. The van der Waals surface area contributed by atoms with E-state index >= 15 is 0 Å². The van der Waals surface area contributed by atoms with E-state index in [1.165, 1.54) is 16.7 Å².